The number of pyridine rings is 1. The number of aromatic nitrogens is 1. The summed E-state index contributed by atoms with van der Waals surface area (Å²) in [6.45, 7) is 10.6. The Morgan fingerprint density at radius 2 is 1.80 bits per heavy atom. The number of amides is 4. The van der Waals surface area contributed by atoms with E-state index in [2.05, 4.69) is 15.4 Å². The predicted molar refractivity (Wildman–Crippen MR) is 204 cm³/mol. The molecule has 5 atom stereocenters. The Bertz CT molecular complexity index is 2150. The molecule has 3 aromatic rings. The summed E-state index contributed by atoms with van der Waals surface area (Å²) < 4.78 is 46.3. The highest BCUT2D eigenvalue weighted by Crippen LogP contribution is 2.47. The summed E-state index contributed by atoms with van der Waals surface area (Å²) in [6.07, 6.45) is 0.164. The molecule has 1 saturated heterocycles. The van der Waals surface area contributed by atoms with Gasteiger partial charge in [0.1, 0.15) is 41.7 Å². The van der Waals surface area contributed by atoms with Gasteiger partial charge in [0.25, 0.3) is 5.91 Å². The van der Waals surface area contributed by atoms with Crippen molar-refractivity contribution in [3.05, 3.63) is 54.6 Å². The Balaban J connectivity index is 1.28. The summed E-state index contributed by atoms with van der Waals surface area (Å²) in [6, 6.07) is 14.7. The van der Waals surface area contributed by atoms with Crippen LogP contribution in [0.25, 0.3) is 22.0 Å². The number of alkyl carbamates (subject to hydrolysis) is 1. The van der Waals surface area contributed by atoms with E-state index in [1.165, 1.54) is 4.90 Å². The highest BCUT2D eigenvalue weighted by molar-refractivity contribution is 7.91. The van der Waals surface area contributed by atoms with Crippen molar-refractivity contribution in [1.82, 2.24) is 25.2 Å². The van der Waals surface area contributed by atoms with Crippen molar-refractivity contribution in [2.75, 3.05) is 13.2 Å². The minimum Gasteiger partial charge on any atom is -0.489 e. The van der Waals surface area contributed by atoms with E-state index in [9.17, 15) is 27.6 Å². The summed E-state index contributed by atoms with van der Waals surface area (Å²) >= 11 is 0. The number of carbonyl (C=O) groups excluding carboxylic acids is 4. The fourth-order valence-electron chi connectivity index (χ4n) is 7.48. The molecule has 1 aromatic heterocycles. The van der Waals surface area contributed by atoms with Gasteiger partial charge < -0.3 is 29.7 Å². The summed E-state index contributed by atoms with van der Waals surface area (Å²) in [7, 11) is -3.88. The number of benzene rings is 2. The van der Waals surface area contributed by atoms with Crippen LogP contribution in [0, 0.1) is 11.3 Å². The first-order valence-electron chi connectivity index (χ1n) is 18.9. The number of fused-ring (bicyclic) bond motifs is 7. The number of nitrogens with zero attached hydrogens (tertiary/aromatic N) is 2. The van der Waals surface area contributed by atoms with Gasteiger partial charge in [0.05, 0.1) is 17.3 Å². The summed E-state index contributed by atoms with van der Waals surface area (Å²) in [5.74, 6) is -1.44. The number of hydrogen-bond acceptors (Lipinski definition) is 10. The lowest BCUT2D eigenvalue weighted by molar-refractivity contribution is -0.143. The van der Waals surface area contributed by atoms with E-state index in [4.69, 9.17) is 19.2 Å². The molecule has 55 heavy (non-hydrogen) atoms. The van der Waals surface area contributed by atoms with Crippen molar-refractivity contribution in [3.8, 4) is 22.8 Å². The van der Waals surface area contributed by atoms with Gasteiger partial charge in [0.15, 0.2) is 0 Å². The van der Waals surface area contributed by atoms with Crippen molar-refractivity contribution in [1.29, 1.82) is 0 Å². The zero-order valence-electron chi connectivity index (χ0n) is 32.0. The fourth-order valence-corrected chi connectivity index (χ4v) is 8.84. The molecule has 4 bridgehead atoms. The molecule has 2 saturated carbocycles. The smallest absolute Gasteiger partial charge is 0.408 e. The second kappa shape index (κ2) is 14.0. The molecule has 2 unspecified atom stereocenters. The van der Waals surface area contributed by atoms with Crippen LogP contribution in [0.1, 0.15) is 73.6 Å². The molecule has 3 fully saturated rings. The molecule has 0 spiro atoms. The molecule has 2 aromatic carbocycles. The number of rotatable bonds is 6. The molecule has 7 rings (SSSR count). The van der Waals surface area contributed by atoms with Gasteiger partial charge in [-0.3, -0.25) is 19.1 Å². The molecule has 3 heterocycles. The van der Waals surface area contributed by atoms with Crippen LogP contribution in [0.4, 0.5) is 4.79 Å². The van der Waals surface area contributed by atoms with Crippen LogP contribution in [-0.4, -0.2) is 89.8 Å². The molecule has 294 valence electrons. The van der Waals surface area contributed by atoms with Gasteiger partial charge in [-0.15, -0.1) is 0 Å². The predicted octanol–water partition coefficient (Wildman–Crippen LogP) is 4.46. The first kappa shape index (κ1) is 38.4. The molecule has 14 nitrogen and oxygen atoms in total. The maximum absolute atomic E-state index is 14.7. The first-order chi connectivity index (χ1) is 25.9. The zero-order valence-corrected chi connectivity index (χ0v) is 32.8. The van der Waals surface area contributed by atoms with Gasteiger partial charge in [-0.25, -0.2) is 18.2 Å². The zero-order chi connectivity index (χ0) is 39.5. The number of nitrogens with one attached hydrogen (secondary N) is 3. The average molecular weight is 776 g/mol. The highest BCUT2D eigenvalue weighted by atomic mass is 32.2. The highest BCUT2D eigenvalue weighted by Gasteiger charge is 2.62. The lowest BCUT2D eigenvalue weighted by Gasteiger charge is -2.36. The second-order valence-corrected chi connectivity index (χ2v) is 18.8. The molecule has 3 N–H and O–H groups in total. The SMILES string of the molecule is CC[C@@H]1CC1(NC(=O)[C@@H]1CC2CN1C(=O)[C@@H](C(C)(C)C)NC(=O)OC(C)(C)COc1cccc(c1)-c1cc3ccccc3nc1O2)C(=O)NS(=O)(=O)C1CC1. The van der Waals surface area contributed by atoms with E-state index < -0.39 is 73.8 Å². The minimum absolute atomic E-state index is 0.00378. The molecule has 15 heteroatoms. The van der Waals surface area contributed by atoms with Crippen molar-refractivity contribution in [3.63, 3.8) is 0 Å². The third kappa shape index (κ3) is 7.94. The molecular weight excluding hydrogens is 727 g/mol. The first-order valence-corrected chi connectivity index (χ1v) is 20.4. The summed E-state index contributed by atoms with van der Waals surface area (Å²) in [4.78, 5) is 62.5. The maximum atomic E-state index is 14.7. The molecule has 2 aliphatic carbocycles. The van der Waals surface area contributed by atoms with Crippen molar-refractivity contribution in [2.24, 2.45) is 11.3 Å². The lowest BCUT2D eigenvalue weighted by atomic mass is 9.85. The van der Waals surface area contributed by atoms with E-state index in [1.54, 1.807) is 40.7 Å². The topological polar surface area (TPSA) is 182 Å². The number of ether oxygens (including phenoxy) is 3. The van der Waals surface area contributed by atoms with Gasteiger partial charge in [-0.1, -0.05) is 64.4 Å². The van der Waals surface area contributed by atoms with Crippen LogP contribution in [-0.2, 0) is 29.1 Å². The van der Waals surface area contributed by atoms with Gasteiger partial charge in [0.2, 0.25) is 27.7 Å². The van der Waals surface area contributed by atoms with E-state index in [0.29, 0.717) is 36.1 Å². The maximum Gasteiger partial charge on any atom is 0.408 e. The third-order valence-corrected chi connectivity index (χ3v) is 12.7. The summed E-state index contributed by atoms with van der Waals surface area (Å²) in [5, 5.41) is 5.88. The summed E-state index contributed by atoms with van der Waals surface area (Å²) in [5.41, 5.74) is -1.31. The number of cyclic esters (lactones) is 1. The Labute approximate surface area is 321 Å². The Kier molecular flexibility index (Phi) is 9.75. The van der Waals surface area contributed by atoms with Crippen LogP contribution >= 0.6 is 0 Å². The second-order valence-electron chi connectivity index (χ2n) is 16.9. The standard InChI is InChI=1S/C40H49N5O9S/c1-7-25-20-40(25,36(48)44-55(50,51)28-15-16-28)43-33(46)31-19-27-21-45(31)35(47)32(38(2,3)4)42-37(49)54-39(5,6)22-52-26-13-10-12-23(17-26)29-18-24-11-8-9-14-30(24)41-34(29)53-27/h8-14,17-18,25,27-28,31-32H,7,15-16,19-22H2,1-6H3,(H,42,49)(H,43,46)(H,44,48)/t25-,27?,31+,32+,40?/m1/s1. The molecular formula is C40H49N5O9S. The number of hydrogen-bond donors (Lipinski definition) is 3. The average Bonchev–Trinajstić information content (AvgIpc) is 4.05. The number of para-hydroxylation sites is 1. The molecule has 4 aliphatic rings. The Hall–Kier alpha value is -4.92. The minimum atomic E-state index is -3.88. The van der Waals surface area contributed by atoms with Gasteiger partial charge in [-0.2, -0.15) is 0 Å². The van der Waals surface area contributed by atoms with Gasteiger partial charge >= 0.3 is 6.09 Å². The van der Waals surface area contributed by atoms with Crippen LogP contribution in [0.5, 0.6) is 11.6 Å². The van der Waals surface area contributed by atoms with E-state index in [1.807, 2.05) is 55.5 Å². The quantitative estimate of drug-likeness (QED) is 0.324. The third-order valence-electron chi connectivity index (χ3n) is 10.8. The molecule has 2 aliphatic heterocycles. The van der Waals surface area contributed by atoms with Crippen molar-refractivity contribution < 1.29 is 41.8 Å². The largest absolute Gasteiger partial charge is 0.489 e. The van der Waals surface area contributed by atoms with E-state index >= 15 is 0 Å². The van der Waals surface area contributed by atoms with Crippen molar-refractivity contribution in [2.45, 2.75) is 108 Å². The molecule has 4 amide bonds. The van der Waals surface area contributed by atoms with Crippen LogP contribution in [0.2, 0.25) is 0 Å². The number of carbonyl (C=O) groups is 4. The lowest BCUT2D eigenvalue weighted by Crippen LogP contribution is -2.60. The van der Waals surface area contributed by atoms with E-state index in [-0.39, 0.29) is 37.8 Å². The van der Waals surface area contributed by atoms with Crippen LogP contribution in [0.15, 0.2) is 54.6 Å². The Morgan fingerprint density at radius 3 is 2.49 bits per heavy atom. The normalized spacial score (nSPS) is 26.7. The monoisotopic (exact) mass is 775 g/mol. The van der Waals surface area contributed by atoms with Crippen LogP contribution < -0.4 is 24.8 Å². The van der Waals surface area contributed by atoms with Gasteiger partial charge in [0, 0.05) is 17.4 Å². The van der Waals surface area contributed by atoms with Crippen LogP contribution in [0.3, 0.4) is 0 Å². The number of sulfonamides is 1. The van der Waals surface area contributed by atoms with Crippen molar-refractivity contribution >= 4 is 44.7 Å². The van der Waals surface area contributed by atoms with E-state index in [0.717, 1.165) is 10.9 Å². The van der Waals surface area contributed by atoms with Gasteiger partial charge in [-0.05, 0) is 74.3 Å². The fraction of sp³-hybridized carbons (Fsp3) is 0.525. The Morgan fingerprint density at radius 1 is 1.05 bits per heavy atom. The molecule has 0 radical (unpaired) electrons.